The van der Waals surface area contributed by atoms with Crippen LogP contribution in [-0.2, 0) is 0 Å². The lowest BCUT2D eigenvalue weighted by molar-refractivity contribution is -0.0273. The van der Waals surface area contributed by atoms with Crippen LogP contribution in [0.5, 0.6) is 0 Å². The van der Waals surface area contributed by atoms with E-state index in [1.165, 1.54) is 0 Å². The Bertz CT molecular complexity index is 453. The zero-order valence-electron chi connectivity index (χ0n) is 12.1. The minimum absolute atomic E-state index is 0.0327. The molecule has 1 aromatic rings. The van der Waals surface area contributed by atoms with Gasteiger partial charge in [-0.2, -0.15) is 0 Å². The van der Waals surface area contributed by atoms with Crippen molar-refractivity contribution in [2.24, 2.45) is 0 Å². The van der Waals surface area contributed by atoms with E-state index in [1.807, 2.05) is 29.8 Å². The van der Waals surface area contributed by atoms with Crippen molar-refractivity contribution in [3.05, 3.63) is 24.0 Å². The summed E-state index contributed by atoms with van der Waals surface area (Å²) in [4.78, 5) is 14.4. The summed E-state index contributed by atoms with van der Waals surface area (Å²) >= 11 is 0. The summed E-state index contributed by atoms with van der Waals surface area (Å²) < 4.78 is 1.99. The summed E-state index contributed by atoms with van der Waals surface area (Å²) in [6.45, 7) is 7.30. The Morgan fingerprint density at radius 2 is 2.26 bits per heavy atom. The molecule has 2 heterocycles. The lowest BCUT2D eigenvalue weighted by atomic mass is 9.90. The van der Waals surface area contributed by atoms with Crippen molar-refractivity contribution in [1.29, 1.82) is 0 Å². The maximum atomic E-state index is 12.6. The number of β-amino-alcohol motifs (C(OH)–C–C–N with tert-alkyl or cyclic N) is 1. The van der Waals surface area contributed by atoms with Crippen molar-refractivity contribution in [2.75, 3.05) is 13.1 Å². The molecule has 0 aliphatic carbocycles. The highest BCUT2D eigenvalue weighted by Gasteiger charge is 2.34. The first-order valence-electron chi connectivity index (χ1n) is 7.15. The summed E-state index contributed by atoms with van der Waals surface area (Å²) in [6, 6.07) is 4.04. The Labute approximate surface area is 115 Å². The maximum absolute atomic E-state index is 12.6. The minimum Gasteiger partial charge on any atom is -0.388 e. The predicted octanol–water partition coefficient (Wildman–Crippen LogP) is 2.45. The molecule has 1 unspecified atom stereocenters. The van der Waals surface area contributed by atoms with Gasteiger partial charge < -0.3 is 14.6 Å². The van der Waals surface area contributed by atoms with E-state index < -0.39 is 5.60 Å². The van der Waals surface area contributed by atoms with Gasteiger partial charge >= 0.3 is 0 Å². The minimum atomic E-state index is -0.705. The largest absolute Gasteiger partial charge is 0.388 e. The van der Waals surface area contributed by atoms with Gasteiger partial charge in [0.05, 0.1) is 5.60 Å². The molecule has 0 saturated carbocycles. The predicted molar refractivity (Wildman–Crippen MR) is 75.2 cm³/mol. The van der Waals surface area contributed by atoms with Crippen LogP contribution in [0.2, 0.25) is 0 Å². The van der Waals surface area contributed by atoms with Gasteiger partial charge in [-0.25, -0.2) is 0 Å². The maximum Gasteiger partial charge on any atom is 0.270 e. The average molecular weight is 264 g/mol. The van der Waals surface area contributed by atoms with E-state index in [0.717, 1.165) is 25.1 Å². The molecule has 106 valence electrons. The van der Waals surface area contributed by atoms with Gasteiger partial charge in [-0.3, -0.25) is 4.79 Å². The Morgan fingerprint density at radius 3 is 2.89 bits per heavy atom. The van der Waals surface area contributed by atoms with Gasteiger partial charge in [0, 0.05) is 25.3 Å². The second-order valence-electron chi connectivity index (χ2n) is 5.80. The number of carbonyl (C=O) groups is 1. The van der Waals surface area contributed by atoms with Crippen LogP contribution in [0.15, 0.2) is 18.3 Å². The zero-order chi connectivity index (χ0) is 14.0. The zero-order valence-corrected chi connectivity index (χ0v) is 12.1. The van der Waals surface area contributed by atoms with Crippen LogP contribution in [-0.4, -0.2) is 39.2 Å². The summed E-state index contributed by atoms with van der Waals surface area (Å²) in [6.07, 6.45) is 4.30. The van der Waals surface area contributed by atoms with Crippen LogP contribution in [0.25, 0.3) is 0 Å². The molecule has 4 heteroatoms. The van der Waals surface area contributed by atoms with Gasteiger partial charge in [-0.15, -0.1) is 0 Å². The summed E-state index contributed by atoms with van der Waals surface area (Å²) in [5, 5.41) is 10.4. The van der Waals surface area contributed by atoms with E-state index >= 15 is 0 Å². The molecule has 19 heavy (non-hydrogen) atoms. The highest BCUT2D eigenvalue weighted by atomic mass is 16.3. The third-order valence-corrected chi connectivity index (χ3v) is 4.06. The van der Waals surface area contributed by atoms with Crippen molar-refractivity contribution in [3.63, 3.8) is 0 Å². The van der Waals surface area contributed by atoms with E-state index in [0.29, 0.717) is 13.0 Å². The third kappa shape index (κ3) is 2.84. The summed E-state index contributed by atoms with van der Waals surface area (Å²) in [5.41, 5.74) is 0.0127. The molecule has 1 amide bonds. The first-order valence-corrected chi connectivity index (χ1v) is 7.15. The molecule has 0 radical (unpaired) electrons. The standard InChI is InChI=1S/C15H24N2O2/c1-4-15(19)8-6-9-16(11-15)14(18)13-7-5-10-17(13)12(2)3/h5,7,10,12,19H,4,6,8-9,11H2,1-3H3. The highest BCUT2D eigenvalue weighted by molar-refractivity contribution is 5.93. The fourth-order valence-corrected chi connectivity index (χ4v) is 2.76. The van der Waals surface area contributed by atoms with E-state index in [1.54, 1.807) is 4.90 Å². The SMILES string of the molecule is CCC1(O)CCCN(C(=O)c2cccn2C(C)C)C1. The Hall–Kier alpha value is -1.29. The van der Waals surface area contributed by atoms with Gasteiger partial charge in [0.1, 0.15) is 5.69 Å². The molecular formula is C15H24N2O2. The van der Waals surface area contributed by atoms with Crippen molar-refractivity contribution in [2.45, 2.75) is 51.7 Å². The monoisotopic (exact) mass is 264 g/mol. The van der Waals surface area contributed by atoms with Crippen LogP contribution < -0.4 is 0 Å². The van der Waals surface area contributed by atoms with Gasteiger partial charge in [0.2, 0.25) is 0 Å². The van der Waals surface area contributed by atoms with Crippen molar-refractivity contribution in [3.8, 4) is 0 Å². The van der Waals surface area contributed by atoms with Crippen LogP contribution in [0, 0.1) is 0 Å². The third-order valence-electron chi connectivity index (χ3n) is 4.06. The molecular weight excluding hydrogens is 240 g/mol. The van der Waals surface area contributed by atoms with Gasteiger partial charge in [-0.05, 0) is 45.2 Å². The Balaban J connectivity index is 2.17. The summed E-state index contributed by atoms with van der Waals surface area (Å²) in [7, 11) is 0. The second kappa shape index (κ2) is 5.37. The van der Waals surface area contributed by atoms with Crippen LogP contribution in [0.4, 0.5) is 0 Å². The van der Waals surface area contributed by atoms with Crippen molar-refractivity contribution in [1.82, 2.24) is 9.47 Å². The number of nitrogens with zero attached hydrogens (tertiary/aromatic N) is 2. The highest BCUT2D eigenvalue weighted by Crippen LogP contribution is 2.25. The number of amides is 1. The quantitative estimate of drug-likeness (QED) is 0.911. The number of likely N-dealkylation sites (tertiary alicyclic amines) is 1. The molecule has 4 nitrogen and oxygen atoms in total. The molecule has 0 aromatic carbocycles. The summed E-state index contributed by atoms with van der Waals surface area (Å²) in [5.74, 6) is 0.0327. The van der Waals surface area contributed by atoms with E-state index in [4.69, 9.17) is 0 Å². The second-order valence-corrected chi connectivity index (χ2v) is 5.80. The normalized spacial score (nSPS) is 23.9. The van der Waals surface area contributed by atoms with Crippen LogP contribution in [0.1, 0.15) is 56.6 Å². The molecule has 1 aliphatic rings. The molecule has 2 rings (SSSR count). The van der Waals surface area contributed by atoms with Crippen molar-refractivity contribution >= 4 is 5.91 Å². The van der Waals surface area contributed by atoms with Gasteiger partial charge in [0.15, 0.2) is 0 Å². The molecule has 0 spiro atoms. The molecule has 1 fully saturated rings. The lowest BCUT2D eigenvalue weighted by Crippen LogP contribution is -2.50. The number of hydrogen-bond donors (Lipinski definition) is 1. The molecule has 1 saturated heterocycles. The molecule has 0 bridgehead atoms. The number of hydrogen-bond acceptors (Lipinski definition) is 2. The van der Waals surface area contributed by atoms with Gasteiger partial charge in [-0.1, -0.05) is 6.92 Å². The average Bonchev–Trinajstić information content (AvgIpc) is 2.87. The number of aliphatic hydroxyl groups is 1. The first-order chi connectivity index (χ1) is 8.97. The number of aromatic nitrogens is 1. The number of carbonyl (C=O) groups excluding carboxylic acids is 1. The topological polar surface area (TPSA) is 45.5 Å². The Morgan fingerprint density at radius 1 is 1.53 bits per heavy atom. The number of rotatable bonds is 3. The van der Waals surface area contributed by atoms with E-state index in [9.17, 15) is 9.90 Å². The van der Waals surface area contributed by atoms with E-state index in [2.05, 4.69) is 13.8 Å². The smallest absolute Gasteiger partial charge is 0.270 e. The van der Waals surface area contributed by atoms with Crippen LogP contribution >= 0.6 is 0 Å². The van der Waals surface area contributed by atoms with Gasteiger partial charge in [0.25, 0.3) is 5.91 Å². The molecule has 1 atom stereocenters. The fraction of sp³-hybridized carbons (Fsp3) is 0.667. The van der Waals surface area contributed by atoms with Crippen LogP contribution in [0.3, 0.4) is 0 Å². The molecule has 1 aromatic heterocycles. The number of piperidine rings is 1. The van der Waals surface area contributed by atoms with E-state index in [-0.39, 0.29) is 11.9 Å². The molecule has 1 N–H and O–H groups in total. The lowest BCUT2D eigenvalue weighted by Gasteiger charge is -2.38. The fourth-order valence-electron chi connectivity index (χ4n) is 2.76. The molecule has 1 aliphatic heterocycles. The van der Waals surface area contributed by atoms with Crippen molar-refractivity contribution < 1.29 is 9.90 Å². The first kappa shape index (κ1) is 14.1. The Kier molecular flexibility index (Phi) is 3.99.